The Bertz CT molecular complexity index is 560. The second-order valence-electron chi connectivity index (χ2n) is 6.63. The molecule has 0 saturated heterocycles. The number of aryl methyl sites for hydroxylation is 1. The molecule has 2 atom stereocenters. The molecule has 1 rings (SSSR count). The van der Waals surface area contributed by atoms with Gasteiger partial charge in [-0.25, -0.2) is 0 Å². The standard InChI is InChI=1S/C18H29N3O2S/c1-12(2)18(5,11-19)21-17(23)14(4)24-10-16(22)20-15-8-6-13(3)7-9-15/h6-9,12,14H,10-11,19H2,1-5H3,(H,20,22)(H,21,23). The molecule has 0 aromatic heterocycles. The predicted molar refractivity (Wildman–Crippen MR) is 102 cm³/mol. The lowest BCUT2D eigenvalue weighted by atomic mass is 9.88. The second-order valence-corrected chi connectivity index (χ2v) is 7.96. The van der Waals surface area contributed by atoms with Crippen LogP contribution in [0.1, 0.15) is 33.3 Å². The third-order valence-corrected chi connectivity index (χ3v) is 5.42. The zero-order valence-corrected chi connectivity index (χ0v) is 16.0. The minimum atomic E-state index is -0.434. The molecule has 2 unspecified atom stereocenters. The topological polar surface area (TPSA) is 84.2 Å². The smallest absolute Gasteiger partial charge is 0.234 e. The van der Waals surface area contributed by atoms with E-state index in [0.717, 1.165) is 11.3 Å². The van der Waals surface area contributed by atoms with Crippen LogP contribution in [-0.4, -0.2) is 34.9 Å². The zero-order chi connectivity index (χ0) is 18.3. The first-order valence-electron chi connectivity index (χ1n) is 8.18. The van der Waals surface area contributed by atoms with Crippen molar-refractivity contribution in [2.45, 2.75) is 45.4 Å². The molecule has 0 aliphatic heterocycles. The molecule has 0 aliphatic rings. The van der Waals surface area contributed by atoms with Crippen LogP contribution < -0.4 is 16.4 Å². The molecule has 1 aromatic rings. The van der Waals surface area contributed by atoms with Crippen LogP contribution in [0.5, 0.6) is 0 Å². The molecular formula is C18H29N3O2S. The Kier molecular flexibility index (Phi) is 7.76. The lowest BCUT2D eigenvalue weighted by molar-refractivity contribution is -0.122. The first-order valence-corrected chi connectivity index (χ1v) is 9.23. The van der Waals surface area contributed by atoms with Gasteiger partial charge in [0.2, 0.25) is 11.8 Å². The number of anilines is 1. The van der Waals surface area contributed by atoms with Gasteiger partial charge in [0.15, 0.2) is 0 Å². The number of carbonyl (C=O) groups is 2. The Hall–Kier alpha value is -1.53. The maximum atomic E-state index is 12.3. The number of rotatable bonds is 8. The molecule has 4 N–H and O–H groups in total. The van der Waals surface area contributed by atoms with Gasteiger partial charge in [-0.3, -0.25) is 9.59 Å². The van der Waals surface area contributed by atoms with Crippen molar-refractivity contribution in [2.24, 2.45) is 11.7 Å². The molecule has 1 aromatic carbocycles. The number of carbonyl (C=O) groups excluding carboxylic acids is 2. The van der Waals surface area contributed by atoms with Gasteiger partial charge in [-0.05, 0) is 38.8 Å². The summed E-state index contributed by atoms with van der Waals surface area (Å²) in [7, 11) is 0. The highest BCUT2D eigenvalue weighted by molar-refractivity contribution is 8.01. The van der Waals surface area contributed by atoms with E-state index in [9.17, 15) is 9.59 Å². The molecule has 0 radical (unpaired) electrons. The van der Waals surface area contributed by atoms with Crippen molar-refractivity contribution in [1.82, 2.24) is 5.32 Å². The Morgan fingerprint density at radius 2 is 1.79 bits per heavy atom. The normalized spacial score (nSPS) is 14.8. The summed E-state index contributed by atoms with van der Waals surface area (Å²) in [5.41, 5.74) is 7.26. The van der Waals surface area contributed by atoms with Crippen LogP contribution in [-0.2, 0) is 9.59 Å². The molecule has 0 bridgehead atoms. The molecule has 6 heteroatoms. The number of hydrogen-bond donors (Lipinski definition) is 3. The van der Waals surface area contributed by atoms with Gasteiger partial charge in [0, 0.05) is 12.2 Å². The zero-order valence-electron chi connectivity index (χ0n) is 15.2. The summed E-state index contributed by atoms with van der Waals surface area (Å²) in [5.74, 6) is 0.246. The van der Waals surface area contributed by atoms with E-state index in [1.54, 1.807) is 6.92 Å². The number of benzene rings is 1. The van der Waals surface area contributed by atoms with E-state index in [1.807, 2.05) is 52.0 Å². The molecule has 134 valence electrons. The van der Waals surface area contributed by atoms with Crippen molar-refractivity contribution in [2.75, 3.05) is 17.6 Å². The molecular weight excluding hydrogens is 322 g/mol. The second kappa shape index (κ2) is 9.08. The summed E-state index contributed by atoms with van der Waals surface area (Å²) in [5, 5.41) is 5.51. The number of thioether (sulfide) groups is 1. The third kappa shape index (κ3) is 6.17. The lowest BCUT2D eigenvalue weighted by Crippen LogP contribution is -2.56. The monoisotopic (exact) mass is 351 g/mol. The Morgan fingerprint density at radius 1 is 1.21 bits per heavy atom. The Labute approximate surface area is 149 Å². The van der Waals surface area contributed by atoms with Gasteiger partial charge in [0.05, 0.1) is 16.5 Å². The van der Waals surface area contributed by atoms with Crippen LogP contribution in [0, 0.1) is 12.8 Å². The van der Waals surface area contributed by atoms with E-state index in [4.69, 9.17) is 5.73 Å². The Morgan fingerprint density at radius 3 is 2.29 bits per heavy atom. The quantitative estimate of drug-likeness (QED) is 0.672. The fraction of sp³-hybridized carbons (Fsp3) is 0.556. The van der Waals surface area contributed by atoms with Crippen LogP contribution in [0.25, 0.3) is 0 Å². The largest absolute Gasteiger partial charge is 0.348 e. The van der Waals surface area contributed by atoms with E-state index >= 15 is 0 Å². The van der Waals surface area contributed by atoms with Gasteiger partial charge in [-0.15, -0.1) is 11.8 Å². The van der Waals surface area contributed by atoms with E-state index in [1.165, 1.54) is 11.8 Å². The maximum Gasteiger partial charge on any atom is 0.234 e. The number of amides is 2. The van der Waals surface area contributed by atoms with Gasteiger partial charge in [-0.1, -0.05) is 31.5 Å². The highest BCUT2D eigenvalue weighted by atomic mass is 32.2. The van der Waals surface area contributed by atoms with E-state index in [-0.39, 0.29) is 28.7 Å². The van der Waals surface area contributed by atoms with E-state index < -0.39 is 5.54 Å². The molecule has 24 heavy (non-hydrogen) atoms. The summed E-state index contributed by atoms with van der Waals surface area (Å²) >= 11 is 1.31. The molecule has 2 amide bonds. The summed E-state index contributed by atoms with van der Waals surface area (Å²) in [6.45, 7) is 10.2. The highest BCUT2D eigenvalue weighted by Crippen LogP contribution is 2.18. The third-order valence-electron chi connectivity index (χ3n) is 4.28. The molecule has 0 fully saturated rings. The Balaban J connectivity index is 2.46. The molecule has 0 heterocycles. The summed E-state index contributed by atoms with van der Waals surface area (Å²) < 4.78 is 0. The molecule has 5 nitrogen and oxygen atoms in total. The van der Waals surface area contributed by atoms with Gasteiger partial charge < -0.3 is 16.4 Å². The fourth-order valence-corrected chi connectivity index (χ4v) is 2.61. The van der Waals surface area contributed by atoms with Crippen molar-refractivity contribution in [3.05, 3.63) is 29.8 Å². The number of nitrogens with two attached hydrogens (primary N) is 1. The van der Waals surface area contributed by atoms with E-state index in [0.29, 0.717) is 6.54 Å². The number of hydrogen-bond acceptors (Lipinski definition) is 4. The highest BCUT2D eigenvalue weighted by Gasteiger charge is 2.30. The van der Waals surface area contributed by atoms with Gasteiger partial charge in [-0.2, -0.15) is 0 Å². The summed E-state index contributed by atoms with van der Waals surface area (Å²) in [6, 6.07) is 7.61. The number of nitrogens with one attached hydrogen (secondary N) is 2. The SMILES string of the molecule is Cc1ccc(NC(=O)CSC(C)C(=O)NC(C)(CN)C(C)C)cc1. The van der Waals surface area contributed by atoms with Gasteiger partial charge >= 0.3 is 0 Å². The maximum absolute atomic E-state index is 12.3. The fourth-order valence-electron chi connectivity index (χ4n) is 1.92. The van der Waals surface area contributed by atoms with Gasteiger partial charge in [0.25, 0.3) is 0 Å². The minimum Gasteiger partial charge on any atom is -0.348 e. The van der Waals surface area contributed by atoms with Crippen LogP contribution >= 0.6 is 11.8 Å². The molecule has 0 aliphatic carbocycles. The summed E-state index contributed by atoms with van der Waals surface area (Å²) in [4.78, 5) is 24.3. The van der Waals surface area contributed by atoms with Crippen LogP contribution in [0.15, 0.2) is 24.3 Å². The van der Waals surface area contributed by atoms with Crippen molar-refractivity contribution < 1.29 is 9.59 Å². The first-order chi connectivity index (χ1) is 11.2. The van der Waals surface area contributed by atoms with Crippen molar-refractivity contribution in [1.29, 1.82) is 0 Å². The molecule has 0 saturated carbocycles. The van der Waals surface area contributed by atoms with Crippen LogP contribution in [0.2, 0.25) is 0 Å². The average molecular weight is 352 g/mol. The minimum absolute atomic E-state index is 0.0928. The van der Waals surface area contributed by atoms with Gasteiger partial charge in [0.1, 0.15) is 0 Å². The van der Waals surface area contributed by atoms with Crippen molar-refractivity contribution in [3.63, 3.8) is 0 Å². The molecule has 0 spiro atoms. The average Bonchev–Trinajstić information content (AvgIpc) is 2.54. The first kappa shape index (κ1) is 20.5. The van der Waals surface area contributed by atoms with E-state index in [2.05, 4.69) is 10.6 Å². The predicted octanol–water partition coefficient (Wildman–Crippen LogP) is 2.54. The van der Waals surface area contributed by atoms with Crippen LogP contribution in [0.4, 0.5) is 5.69 Å². The van der Waals surface area contributed by atoms with Crippen molar-refractivity contribution >= 4 is 29.3 Å². The van der Waals surface area contributed by atoms with Crippen molar-refractivity contribution in [3.8, 4) is 0 Å². The summed E-state index contributed by atoms with van der Waals surface area (Å²) in [6.07, 6.45) is 0. The van der Waals surface area contributed by atoms with Crippen LogP contribution in [0.3, 0.4) is 0 Å². The lowest BCUT2D eigenvalue weighted by Gasteiger charge is -2.34.